The Bertz CT molecular complexity index is 470. The molecule has 0 radical (unpaired) electrons. The van der Waals surface area contributed by atoms with Gasteiger partial charge in [0.1, 0.15) is 5.82 Å². The molecule has 0 aliphatic heterocycles. The zero-order valence-corrected chi connectivity index (χ0v) is 10.4. The highest BCUT2D eigenvalue weighted by Gasteiger charge is 2.08. The first-order chi connectivity index (χ1) is 8.20. The molecule has 17 heavy (non-hydrogen) atoms. The summed E-state index contributed by atoms with van der Waals surface area (Å²) in [5.41, 5.74) is 8.65. The summed E-state index contributed by atoms with van der Waals surface area (Å²) >= 11 is 0. The normalized spacial score (nSPS) is 12.6. The van der Waals surface area contributed by atoms with Crippen molar-refractivity contribution in [2.24, 2.45) is 5.73 Å². The molecule has 90 valence electrons. The molecule has 1 atom stereocenters. The molecule has 1 aromatic heterocycles. The average molecular weight is 229 g/mol. The van der Waals surface area contributed by atoms with Gasteiger partial charge in [0.15, 0.2) is 0 Å². The third kappa shape index (κ3) is 2.74. The van der Waals surface area contributed by atoms with Crippen molar-refractivity contribution < 1.29 is 0 Å². The van der Waals surface area contributed by atoms with Gasteiger partial charge >= 0.3 is 0 Å². The van der Waals surface area contributed by atoms with Crippen molar-refractivity contribution in [3.8, 4) is 0 Å². The van der Waals surface area contributed by atoms with Crippen LogP contribution in [0.15, 0.2) is 36.7 Å². The largest absolute Gasteiger partial charge is 0.333 e. The molecule has 0 fully saturated rings. The molecular formula is C14H19N3. The zero-order chi connectivity index (χ0) is 12.3. The highest BCUT2D eigenvalue weighted by molar-refractivity contribution is 5.23. The number of hydrogen-bond donors (Lipinski definition) is 1. The second-order valence-electron chi connectivity index (χ2n) is 4.37. The molecule has 0 spiro atoms. The van der Waals surface area contributed by atoms with Gasteiger partial charge in [-0.2, -0.15) is 0 Å². The molecular weight excluding hydrogens is 210 g/mol. The van der Waals surface area contributed by atoms with Crippen LogP contribution in [-0.4, -0.2) is 9.55 Å². The summed E-state index contributed by atoms with van der Waals surface area (Å²) in [5, 5.41) is 0. The predicted octanol–water partition coefficient (Wildman–Crippen LogP) is 2.45. The monoisotopic (exact) mass is 229 g/mol. The molecule has 0 saturated heterocycles. The molecule has 2 N–H and O–H groups in total. The van der Waals surface area contributed by atoms with E-state index >= 15 is 0 Å². The minimum atomic E-state index is 0.0232. The fourth-order valence-electron chi connectivity index (χ4n) is 1.95. The van der Waals surface area contributed by atoms with E-state index in [1.807, 2.05) is 12.4 Å². The van der Waals surface area contributed by atoms with Gasteiger partial charge in [0.2, 0.25) is 0 Å². The fraction of sp³-hybridized carbons (Fsp3) is 0.357. The van der Waals surface area contributed by atoms with Gasteiger partial charge in [0.25, 0.3) is 0 Å². The van der Waals surface area contributed by atoms with Crippen LogP contribution in [0.4, 0.5) is 0 Å². The number of aromatic nitrogens is 2. The maximum atomic E-state index is 6.21. The standard InChI is InChI=1S/C14H19N3/c1-3-14-16-8-9-17(14)10-13(15)12-6-4-11(2)5-7-12/h4-9,13H,3,10,15H2,1-2H3. The van der Waals surface area contributed by atoms with E-state index in [1.54, 1.807) is 0 Å². The van der Waals surface area contributed by atoms with Gasteiger partial charge in [-0.05, 0) is 12.5 Å². The van der Waals surface area contributed by atoms with Crippen molar-refractivity contribution in [1.29, 1.82) is 0 Å². The number of aryl methyl sites for hydroxylation is 2. The molecule has 2 rings (SSSR count). The van der Waals surface area contributed by atoms with Gasteiger partial charge in [-0.1, -0.05) is 36.8 Å². The van der Waals surface area contributed by atoms with Crippen LogP contribution in [0.3, 0.4) is 0 Å². The number of rotatable bonds is 4. The van der Waals surface area contributed by atoms with Crippen LogP contribution in [0.5, 0.6) is 0 Å². The van der Waals surface area contributed by atoms with E-state index in [2.05, 4.69) is 47.7 Å². The first kappa shape index (κ1) is 11.9. The van der Waals surface area contributed by atoms with Crippen LogP contribution in [0.1, 0.15) is 29.9 Å². The van der Waals surface area contributed by atoms with E-state index in [1.165, 1.54) is 11.1 Å². The number of hydrogen-bond acceptors (Lipinski definition) is 2. The van der Waals surface area contributed by atoms with Gasteiger partial charge < -0.3 is 10.3 Å². The second-order valence-corrected chi connectivity index (χ2v) is 4.37. The number of nitrogens with two attached hydrogens (primary N) is 1. The quantitative estimate of drug-likeness (QED) is 0.875. The molecule has 0 saturated carbocycles. The maximum Gasteiger partial charge on any atom is 0.108 e. The van der Waals surface area contributed by atoms with E-state index in [0.717, 1.165) is 18.8 Å². The summed E-state index contributed by atoms with van der Waals surface area (Å²) < 4.78 is 2.13. The van der Waals surface area contributed by atoms with E-state index in [4.69, 9.17) is 5.73 Å². The molecule has 1 heterocycles. The molecule has 1 aromatic carbocycles. The molecule has 1 unspecified atom stereocenters. The van der Waals surface area contributed by atoms with Crippen LogP contribution < -0.4 is 5.73 Å². The van der Waals surface area contributed by atoms with Crippen LogP contribution in [0.2, 0.25) is 0 Å². The van der Waals surface area contributed by atoms with Crippen molar-refractivity contribution in [3.05, 3.63) is 53.6 Å². The average Bonchev–Trinajstić information content (AvgIpc) is 2.77. The Kier molecular flexibility index (Phi) is 3.59. The predicted molar refractivity (Wildman–Crippen MR) is 69.7 cm³/mol. The summed E-state index contributed by atoms with van der Waals surface area (Å²) in [6.07, 6.45) is 4.77. The Labute approximate surface area is 102 Å². The van der Waals surface area contributed by atoms with Gasteiger partial charge in [-0.3, -0.25) is 0 Å². The summed E-state index contributed by atoms with van der Waals surface area (Å²) in [4.78, 5) is 4.30. The lowest BCUT2D eigenvalue weighted by molar-refractivity contribution is 0.557. The van der Waals surface area contributed by atoms with Crippen molar-refractivity contribution in [1.82, 2.24) is 9.55 Å². The Morgan fingerprint density at radius 1 is 1.29 bits per heavy atom. The van der Waals surface area contributed by atoms with Crippen LogP contribution in [-0.2, 0) is 13.0 Å². The van der Waals surface area contributed by atoms with E-state index in [-0.39, 0.29) is 6.04 Å². The molecule has 3 nitrogen and oxygen atoms in total. The van der Waals surface area contributed by atoms with Crippen molar-refractivity contribution in [2.45, 2.75) is 32.9 Å². The van der Waals surface area contributed by atoms with Gasteiger partial charge in [0, 0.05) is 31.4 Å². The van der Waals surface area contributed by atoms with E-state index in [0.29, 0.717) is 0 Å². The Morgan fingerprint density at radius 3 is 2.65 bits per heavy atom. The van der Waals surface area contributed by atoms with Crippen molar-refractivity contribution in [3.63, 3.8) is 0 Å². The van der Waals surface area contributed by atoms with Gasteiger partial charge in [-0.25, -0.2) is 4.98 Å². The number of imidazole rings is 1. The summed E-state index contributed by atoms with van der Waals surface area (Å²) in [6, 6.07) is 8.42. The second kappa shape index (κ2) is 5.15. The lowest BCUT2D eigenvalue weighted by atomic mass is 10.1. The molecule has 2 aromatic rings. The maximum absolute atomic E-state index is 6.21. The lowest BCUT2D eigenvalue weighted by Gasteiger charge is -2.14. The third-order valence-corrected chi connectivity index (χ3v) is 3.02. The van der Waals surface area contributed by atoms with Crippen molar-refractivity contribution in [2.75, 3.05) is 0 Å². The fourth-order valence-corrected chi connectivity index (χ4v) is 1.95. The lowest BCUT2D eigenvalue weighted by Crippen LogP contribution is -2.18. The van der Waals surface area contributed by atoms with E-state index in [9.17, 15) is 0 Å². The molecule has 0 amide bonds. The van der Waals surface area contributed by atoms with E-state index < -0.39 is 0 Å². The first-order valence-electron chi connectivity index (χ1n) is 6.03. The minimum absolute atomic E-state index is 0.0232. The summed E-state index contributed by atoms with van der Waals surface area (Å²) in [7, 11) is 0. The highest BCUT2D eigenvalue weighted by Crippen LogP contribution is 2.14. The molecule has 0 bridgehead atoms. The molecule has 3 heteroatoms. The number of nitrogens with zero attached hydrogens (tertiary/aromatic N) is 2. The van der Waals surface area contributed by atoms with Crippen molar-refractivity contribution >= 4 is 0 Å². The zero-order valence-electron chi connectivity index (χ0n) is 10.4. The first-order valence-corrected chi connectivity index (χ1v) is 6.03. The van der Waals surface area contributed by atoms with Gasteiger partial charge in [-0.15, -0.1) is 0 Å². The highest BCUT2D eigenvalue weighted by atomic mass is 15.1. The SMILES string of the molecule is CCc1nccn1CC(N)c1ccc(C)cc1. The summed E-state index contributed by atoms with van der Waals surface area (Å²) in [5.74, 6) is 1.09. The van der Waals surface area contributed by atoms with Crippen LogP contribution >= 0.6 is 0 Å². The Balaban J connectivity index is 2.11. The van der Waals surface area contributed by atoms with Crippen LogP contribution in [0, 0.1) is 6.92 Å². The number of benzene rings is 1. The third-order valence-electron chi connectivity index (χ3n) is 3.02. The smallest absolute Gasteiger partial charge is 0.108 e. The Morgan fingerprint density at radius 2 is 2.00 bits per heavy atom. The van der Waals surface area contributed by atoms with Crippen LogP contribution in [0.25, 0.3) is 0 Å². The Hall–Kier alpha value is -1.61. The summed E-state index contributed by atoms with van der Waals surface area (Å²) in [6.45, 7) is 4.98. The topological polar surface area (TPSA) is 43.8 Å². The van der Waals surface area contributed by atoms with Gasteiger partial charge in [0.05, 0.1) is 0 Å². The molecule has 0 aliphatic rings. The minimum Gasteiger partial charge on any atom is -0.333 e. The molecule has 0 aliphatic carbocycles.